The van der Waals surface area contributed by atoms with Crippen LogP contribution in [0, 0.1) is 17.8 Å². The fourth-order valence-corrected chi connectivity index (χ4v) is 2.19. The zero-order valence-electron chi connectivity index (χ0n) is 9.45. The van der Waals surface area contributed by atoms with Crippen molar-refractivity contribution in [1.29, 1.82) is 0 Å². The Bertz CT molecular complexity index is 245. The molecule has 0 amide bonds. The van der Waals surface area contributed by atoms with Gasteiger partial charge >= 0.3 is 5.97 Å². The van der Waals surface area contributed by atoms with Gasteiger partial charge in [-0.1, -0.05) is 19.6 Å². The molecule has 0 spiro atoms. The van der Waals surface area contributed by atoms with Gasteiger partial charge < -0.3 is 4.74 Å². The van der Waals surface area contributed by atoms with Gasteiger partial charge in [0.05, 0.1) is 6.61 Å². The van der Waals surface area contributed by atoms with Crippen LogP contribution in [0.3, 0.4) is 0 Å². The summed E-state index contributed by atoms with van der Waals surface area (Å²) in [5.41, 5.74) is 0. The van der Waals surface area contributed by atoms with Crippen molar-refractivity contribution in [2.75, 3.05) is 6.61 Å². The van der Waals surface area contributed by atoms with E-state index < -0.39 is 0 Å². The smallest absolute Gasteiger partial charge is 0.330 e. The Morgan fingerprint density at radius 3 is 2.80 bits per heavy atom. The number of carbonyl (C=O) groups excluding carboxylic acids is 1. The maximum Gasteiger partial charge on any atom is 0.330 e. The van der Waals surface area contributed by atoms with Crippen LogP contribution in [-0.4, -0.2) is 12.6 Å². The summed E-state index contributed by atoms with van der Waals surface area (Å²) >= 11 is 0. The van der Waals surface area contributed by atoms with E-state index in [-0.39, 0.29) is 5.97 Å². The zero-order valence-corrected chi connectivity index (χ0v) is 9.45. The van der Waals surface area contributed by atoms with Crippen molar-refractivity contribution >= 4 is 5.97 Å². The third-order valence-corrected chi connectivity index (χ3v) is 3.30. The van der Waals surface area contributed by atoms with Gasteiger partial charge in [-0.25, -0.2) is 4.79 Å². The van der Waals surface area contributed by atoms with Crippen LogP contribution < -0.4 is 0 Å². The van der Waals surface area contributed by atoms with E-state index in [1.807, 2.05) is 6.08 Å². The van der Waals surface area contributed by atoms with Gasteiger partial charge in [-0.15, -0.1) is 6.58 Å². The highest BCUT2D eigenvalue weighted by Gasteiger charge is 2.26. The summed E-state index contributed by atoms with van der Waals surface area (Å²) < 4.78 is 5.07. The average molecular weight is 208 g/mol. The molecule has 3 atom stereocenters. The van der Waals surface area contributed by atoms with Crippen LogP contribution >= 0.6 is 0 Å². The fourth-order valence-electron chi connectivity index (χ4n) is 2.19. The monoisotopic (exact) mass is 208 g/mol. The van der Waals surface area contributed by atoms with Gasteiger partial charge in [0.2, 0.25) is 0 Å². The number of esters is 1. The molecule has 0 N–H and O–H groups in total. The number of allylic oxidation sites excluding steroid dienone is 1. The van der Waals surface area contributed by atoms with Crippen LogP contribution in [0.5, 0.6) is 0 Å². The first kappa shape index (κ1) is 12.0. The lowest BCUT2D eigenvalue weighted by Crippen LogP contribution is -2.25. The second-order valence-electron chi connectivity index (χ2n) is 4.39. The van der Waals surface area contributed by atoms with Gasteiger partial charge in [-0.2, -0.15) is 0 Å². The highest BCUT2D eigenvalue weighted by atomic mass is 16.5. The van der Waals surface area contributed by atoms with Crippen molar-refractivity contribution in [1.82, 2.24) is 0 Å². The molecule has 1 aliphatic carbocycles. The fraction of sp³-hybridized carbons (Fsp3) is 0.615. The van der Waals surface area contributed by atoms with E-state index in [9.17, 15) is 4.79 Å². The Morgan fingerprint density at radius 2 is 2.20 bits per heavy atom. The highest BCUT2D eigenvalue weighted by Crippen LogP contribution is 2.34. The Labute approximate surface area is 92.0 Å². The summed E-state index contributed by atoms with van der Waals surface area (Å²) in [6.45, 7) is 10.0. The molecule has 2 nitrogen and oxygen atoms in total. The first-order valence-corrected chi connectivity index (χ1v) is 5.59. The van der Waals surface area contributed by atoms with E-state index in [2.05, 4.69) is 20.1 Å². The number of rotatable bonds is 4. The third-order valence-electron chi connectivity index (χ3n) is 3.30. The lowest BCUT2D eigenvalue weighted by Gasteiger charge is -2.32. The van der Waals surface area contributed by atoms with Gasteiger partial charge in [-0.05, 0) is 37.0 Å². The molecule has 1 aliphatic rings. The Kier molecular flexibility index (Phi) is 4.60. The minimum Gasteiger partial charge on any atom is -0.462 e. The van der Waals surface area contributed by atoms with Gasteiger partial charge in [0, 0.05) is 6.08 Å². The molecule has 1 saturated carbocycles. The van der Waals surface area contributed by atoms with E-state index in [1.54, 1.807) is 0 Å². The predicted molar refractivity (Wildman–Crippen MR) is 61.3 cm³/mol. The standard InChI is InChI=1S/C13H20O2/c1-4-12-8-11(7-6-10(12)3)9-15-13(14)5-2/h4-5,10-12H,1-2,6-9H2,3H3. The summed E-state index contributed by atoms with van der Waals surface area (Å²) in [6, 6.07) is 0. The van der Waals surface area contributed by atoms with Crippen molar-refractivity contribution in [2.24, 2.45) is 17.8 Å². The summed E-state index contributed by atoms with van der Waals surface area (Å²) in [5.74, 6) is 1.47. The predicted octanol–water partition coefficient (Wildman–Crippen LogP) is 2.95. The molecule has 2 heteroatoms. The van der Waals surface area contributed by atoms with Crippen molar-refractivity contribution in [3.05, 3.63) is 25.3 Å². The molecular formula is C13H20O2. The van der Waals surface area contributed by atoms with E-state index in [0.717, 1.165) is 12.8 Å². The van der Waals surface area contributed by atoms with Crippen LogP contribution in [0.2, 0.25) is 0 Å². The van der Waals surface area contributed by atoms with Gasteiger partial charge in [0.25, 0.3) is 0 Å². The van der Waals surface area contributed by atoms with Crippen molar-refractivity contribution < 1.29 is 9.53 Å². The van der Waals surface area contributed by atoms with Crippen LogP contribution in [0.4, 0.5) is 0 Å². The molecule has 0 aromatic rings. The molecule has 1 rings (SSSR count). The van der Waals surface area contributed by atoms with Crippen molar-refractivity contribution in [3.8, 4) is 0 Å². The first-order valence-electron chi connectivity index (χ1n) is 5.59. The molecule has 0 aliphatic heterocycles. The van der Waals surface area contributed by atoms with Gasteiger partial charge in [-0.3, -0.25) is 0 Å². The summed E-state index contributed by atoms with van der Waals surface area (Å²) in [6.07, 6.45) is 6.70. The molecule has 0 saturated heterocycles. The molecule has 0 heterocycles. The quantitative estimate of drug-likeness (QED) is 0.403. The van der Waals surface area contributed by atoms with E-state index in [0.29, 0.717) is 24.4 Å². The minimum absolute atomic E-state index is 0.316. The van der Waals surface area contributed by atoms with Gasteiger partial charge in [0.1, 0.15) is 0 Å². The molecule has 0 radical (unpaired) electrons. The topological polar surface area (TPSA) is 26.3 Å². The molecule has 1 fully saturated rings. The summed E-state index contributed by atoms with van der Waals surface area (Å²) in [4.78, 5) is 10.9. The van der Waals surface area contributed by atoms with Crippen LogP contribution in [0.15, 0.2) is 25.3 Å². The molecule has 0 aromatic heterocycles. The average Bonchev–Trinajstić information content (AvgIpc) is 2.27. The highest BCUT2D eigenvalue weighted by molar-refractivity contribution is 5.81. The Morgan fingerprint density at radius 1 is 1.47 bits per heavy atom. The Balaban J connectivity index is 2.35. The normalized spacial score (nSPS) is 30.6. The lowest BCUT2D eigenvalue weighted by atomic mass is 9.75. The second kappa shape index (κ2) is 5.74. The van der Waals surface area contributed by atoms with Gasteiger partial charge in [0.15, 0.2) is 0 Å². The summed E-state index contributed by atoms with van der Waals surface area (Å²) in [7, 11) is 0. The molecule has 15 heavy (non-hydrogen) atoms. The maximum atomic E-state index is 10.9. The SMILES string of the molecule is C=CC(=O)OCC1CCC(C)C(C=C)C1. The summed E-state index contributed by atoms with van der Waals surface area (Å²) in [5, 5.41) is 0. The van der Waals surface area contributed by atoms with Crippen molar-refractivity contribution in [3.63, 3.8) is 0 Å². The number of ether oxygens (including phenoxy) is 1. The van der Waals surface area contributed by atoms with Crippen LogP contribution in [0.25, 0.3) is 0 Å². The van der Waals surface area contributed by atoms with Crippen molar-refractivity contribution in [2.45, 2.75) is 26.2 Å². The van der Waals surface area contributed by atoms with Crippen LogP contribution in [0.1, 0.15) is 26.2 Å². The molecular weight excluding hydrogens is 188 g/mol. The number of hydrogen-bond donors (Lipinski definition) is 0. The maximum absolute atomic E-state index is 10.9. The molecule has 0 aromatic carbocycles. The van der Waals surface area contributed by atoms with E-state index in [1.165, 1.54) is 12.5 Å². The minimum atomic E-state index is -0.316. The largest absolute Gasteiger partial charge is 0.462 e. The number of carbonyl (C=O) groups is 1. The lowest BCUT2D eigenvalue weighted by molar-refractivity contribution is -0.139. The Hall–Kier alpha value is -1.05. The zero-order chi connectivity index (χ0) is 11.3. The van der Waals surface area contributed by atoms with E-state index in [4.69, 9.17) is 4.74 Å². The second-order valence-corrected chi connectivity index (χ2v) is 4.39. The first-order chi connectivity index (χ1) is 7.17. The van der Waals surface area contributed by atoms with E-state index >= 15 is 0 Å². The number of hydrogen-bond acceptors (Lipinski definition) is 2. The molecule has 3 unspecified atom stereocenters. The third kappa shape index (κ3) is 3.54. The molecule has 84 valence electrons. The van der Waals surface area contributed by atoms with Crippen LogP contribution in [-0.2, 0) is 9.53 Å². The molecule has 0 bridgehead atoms.